The molecule has 96 valence electrons. The molecule has 4 nitrogen and oxygen atoms in total. The Morgan fingerprint density at radius 2 is 2.00 bits per heavy atom. The summed E-state index contributed by atoms with van der Waals surface area (Å²) in [6.07, 6.45) is 2.72. The maximum Gasteiger partial charge on any atom is 0.248 e. The summed E-state index contributed by atoms with van der Waals surface area (Å²) in [7, 11) is 0. The first-order chi connectivity index (χ1) is 9.17. The molecular weight excluding hydrogens is 264 g/mol. The Balaban J connectivity index is 2.12. The van der Waals surface area contributed by atoms with Crippen molar-refractivity contribution in [3.63, 3.8) is 0 Å². The Labute approximate surface area is 115 Å². The van der Waals surface area contributed by atoms with Gasteiger partial charge in [-0.3, -0.25) is 4.79 Å². The third kappa shape index (κ3) is 3.82. The molecule has 2 aromatic rings. The average Bonchev–Trinajstić information content (AvgIpc) is 2.42. The van der Waals surface area contributed by atoms with Crippen molar-refractivity contribution in [2.75, 3.05) is 5.32 Å². The molecule has 0 unspecified atom stereocenters. The van der Waals surface area contributed by atoms with E-state index in [1.54, 1.807) is 42.6 Å². The number of carbonyl (C=O) groups is 1. The van der Waals surface area contributed by atoms with Crippen LogP contribution in [0.15, 0.2) is 55.3 Å². The van der Waals surface area contributed by atoms with E-state index < -0.39 is 0 Å². The van der Waals surface area contributed by atoms with Crippen molar-refractivity contribution in [2.24, 2.45) is 0 Å². The standard InChI is InChI=1S/C14H11ClN2O2/c1-2-14(18)17-13-9-12(7-8-16-13)19-11-5-3-10(15)4-6-11/h2-9H,1H2,(H,16,17,18). The van der Waals surface area contributed by atoms with E-state index in [0.717, 1.165) is 0 Å². The van der Waals surface area contributed by atoms with Crippen LogP contribution in [0.3, 0.4) is 0 Å². The van der Waals surface area contributed by atoms with Crippen LogP contribution in [0, 0.1) is 0 Å². The van der Waals surface area contributed by atoms with Gasteiger partial charge < -0.3 is 10.1 Å². The van der Waals surface area contributed by atoms with E-state index >= 15 is 0 Å². The summed E-state index contributed by atoms with van der Waals surface area (Å²) in [4.78, 5) is 15.2. The van der Waals surface area contributed by atoms with Crippen LogP contribution in [-0.4, -0.2) is 10.9 Å². The van der Waals surface area contributed by atoms with Gasteiger partial charge in [0.1, 0.15) is 17.3 Å². The number of anilines is 1. The van der Waals surface area contributed by atoms with Gasteiger partial charge in [0.25, 0.3) is 0 Å². The SMILES string of the molecule is C=CC(=O)Nc1cc(Oc2ccc(Cl)cc2)ccn1. The smallest absolute Gasteiger partial charge is 0.248 e. The van der Waals surface area contributed by atoms with Gasteiger partial charge in [-0.1, -0.05) is 18.2 Å². The average molecular weight is 275 g/mol. The lowest BCUT2D eigenvalue weighted by molar-refractivity contribution is -0.111. The number of halogens is 1. The lowest BCUT2D eigenvalue weighted by Gasteiger charge is -2.07. The Bertz CT molecular complexity index is 597. The van der Waals surface area contributed by atoms with Gasteiger partial charge >= 0.3 is 0 Å². The molecule has 1 aromatic heterocycles. The van der Waals surface area contributed by atoms with E-state index in [1.165, 1.54) is 6.08 Å². The molecule has 0 aliphatic rings. The molecule has 0 spiro atoms. The molecule has 19 heavy (non-hydrogen) atoms. The first kappa shape index (κ1) is 13.1. The maximum absolute atomic E-state index is 11.2. The Kier molecular flexibility index (Phi) is 4.15. The molecular formula is C14H11ClN2O2. The first-order valence-corrected chi connectivity index (χ1v) is 5.88. The van der Waals surface area contributed by atoms with Gasteiger partial charge in [0.05, 0.1) is 0 Å². The number of nitrogens with zero attached hydrogens (tertiary/aromatic N) is 1. The van der Waals surface area contributed by atoms with Gasteiger partial charge in [-0.25, -0.2) is 4.98 Å². The monoisotopic (exact) mass is 274 g/mol. The third-order valence-electron chi connectivity index (χ3n) is 2.22. The van der Waals surface area contributed by atoms with E-state index in [2.05, 4.69) is 16.9 Å². The summed E-state index contributed by atoms with van der Waals surface area (Å²) in [5.74, 6) is 1.29. The predicted octanol–water partition coefficient (Wildman–Crippen LogP) is 3.65. The van der Waals surface area contributed by atoms with Crippen molar-refractivity contribution in [2.45, 2.75) is 0 Å². The van der Waals surface area contributed by atoms with Gasteiger partial charge in [0.15, 0.2) is 0 Å². The largest absolute Gasteiger partial charge is 0.457 e. The molecule has 0 bridgehead atoms. The Hall–Kier alpha value is -2.33. The minimum absolute atomic E-state index is 0.323. The topological polar surface area (TPSA) is 51.2 Å². The van der Waals surface area contributed by atoms with Gasteiger partial charge in [0, 0.05) is 17.3 Å². The van der Waals surface area contributed by atoms with Crippen LogP contribution < -0.4 is 10.1 Å². The van der Waals surface area contributed by atoms with Crippen molar-refractivity contribution in [1.82, 2.24) is 4.98 Å². The summed E-state index contributed by atoms with van der Waals surface area (Å²) in [6, 6.07) is 10.3. The number of aromatic nitrogens is 1. The lowest BCUT2D eigenvalue weighted by Crippen LogP contribution is -2.08. The molecule has 1 N–H and O–H groups in total. The number of carbonyl (C=O) groups excluding carboxylic acids is 1. The fourth-order valence-corrected chi connectivity index (χ4v) is 1.48. The highest BCUT2D eigenvalue weighted by Gasteiger charge is 2.02. The normalized spacial score (nSPS) is 9.74. The fraction of sp³-hybridized carbons (Fsp3) is 0. The minimum atomic E-state index is -0.323. The summed E-state index contributed by atoms with van der Waals surface area (Å²) in [5, 5.41) is 3.20. The number of ether oxygens (including phenoxy) is 1. The van der Waals surface area contributed by atoms with Crippen LogP contribution in [0.2, 0.25) is 5.02 Å². The second-order valence-electron chi connectivity index (χ2n) is 3.63. The van der Waals surface area contributed by atoms with Gasteiger partial charge in [-0.15, -0.1) is 0 Å². The summed E-state index contributed by atoms with van der Waals surface area (Å²) >= 11 is 5.79. The number of rotatable bonds is 4. The molecule has 0 aliphatic carbocycles. The molecule has 0 saturated heterocycles. The van der Waals surface area contributed by atoms with E-state index in [-0.39, 0.29) is 5.91 Å². The van der Waals surface area contributed by atoms with Crippen LogP contribution in [0.25, 0.3) is 0 Å². The zero-order valence-corrected chi connectivity index (χ0v) is 10.7. The minimum Gasteiger partial charge on any atom is -0.457 e. The van der Waals surface area contributed by atoms with Crippen LogP contribution >= 0.6 is 11.6 Å². The van der Waals surface area contributed by atoms with E-state index in [1.807, 2.05) is 0 Å². The van der Waals surface area contributed by atoms with E-state index in [4.69, 9.17) is 16.3 Å². The van der Waals surface area contributed by atoms with Crippen LogP contribution in [0.4, 0.5) is 5.82 Å². The molecule has 0 saturated carbocycles. The number of amides is 1. The summed E-state index contributed by atoms with van der Waals surface area (Å²) in [6.45, 7) is 3.37. The van der Waals surface area contributed by atoms with Crippen molar-refractivity contribution in [3.8, 4) is 11.5 Å². The number of benzene rings is 1. The lowest BCUT2D eigenvalue weighted by atomic mass is 10.3. The zero-order valence-electron chi connectivity index (χ0n) is 9.97. The summed E-state index contributed by atoms with van der Waals surface area (Å²) < 4.78 is 5.61. The van der Waals surface area contributed by atoms with Crippen LogP contribution in [0.1, 0.15) is 0 Å². The van der Waals surface area contributed by atoms with E-state index in [0.29, 0.717) is 22.3 Å². The predicted molar refractivity (Wildman–Crippen MR) is 74.6 cm³/mol. The summed E-state index contributed by atoms with van der Waals surface area (Å²) in [5.41, 5.74) is 0. The Morgan fingerprint density at radius 1 is 1.26 bits per heavy atom. The molecule has 0 radical (unpaired) electrons. The highest BCUT2D eigenvalue weighted by Crippen LogP contribution is 2.24. The fourth-order valence-electron chi connectivity index (χ4n) is 1.36. The van der Waals surface area contributed by atoms with Crippen molar-refractivity contribution >= 4 is 23.3 Å². The van der Waals surface area contributed by atoms with Gasteiger partial charge in [-0.05, 0) is 36.4 Å². The van der Waals surface area contributed by atoms with Gasteiger partial charge in [0.2, 0.25) is 5.91 Å². The second-order valence-corrected chi connectivity index (χ2v) is 4.06. The molecule has 5 heteroatoms. The third-order valence-corrected chi connectivity index (χ3v) is 2.47. The van der Waals surface area contributed by atoms with Crippen molar-refractivity contribution < 1.29 is 9.53 Å². The van der Waals surface area contributed by atoms with E-state index in [9.17, 15) is 4.79 Å². The quantitative estimate of drug-likeness (QED) is 0.866. The number of hydrogen-bond acceptors (Lipinski definition) is 3. The molecule has 1 aromatic carbocycles. The molecule has 0 aliphatic heterocycles. The van der Waals surface area contributed by atoms with Crippen molar-refractivity contribution in [1.29, 1.82) is 0 Å². The second kappa shape index (κ2) is 6.02. The highest BCUT2D eigenvalue weighted by molar-refractivity contribution is 6.30. The zero-order chi connectivity index (χ0) is 13.7. The number of nitrogens with one attached hydrogen (secondary N) is 1. The molecule has 0 atom stereocenters. The highest BCUT2D eigenvalue weighted by atomic mass is 35.5. The Morgan fingerprint density at radius 3 is 2.68 bits per heavy atom. The van der Waals surface area contributed by atoms with Gasteiger partial charge in [-0.2, -0.15) is 0 Å². The first-order valence-electron chi connectivity index (χ1n) is 5.50. The number of pyridine rings is 1. The van der Waals surface area contributed by atoms with Crippen LogP contribution in [0.5, 0.6) is 11.5 Å². The molecule has 0 fully saturated rings. The number of hydrogen-bond donors (Lipinski definition) is 1. The maximum atomic E-state index is 11.2. The molecule has 1 amide bonds. The van der Waals surface area contributed by atoms with Crippen LogP contribution in [-0.2, 0) is 4.79 Å². The molecule has 2 rings (SSSR count). The molecule has 1 heterocycles. The van der Waals surface area contributed by atoms with Crippen molar-refractivity contribution in [3.05, 3.63) is 60.3 Å².